The van der Waals surface area contributed by atoms with Crippen LogP contribution in [0.3, 0.4) is 0 Å². The molecule has 1 aliphatic rings. The number of ether oxygens (including phenoxy) is 4. The molecule has 0 bridgehead atoms. The fourth-order valence-corrected chi connectivity index (χ4v) is 4.23. The molecule has 3 aromatic carbocycles. The zero-order valence-electron chi connectivity index (χ0n) is 20.7. The lowest BCUT2D eigenvalue weighted by Gasteiger charge is -2.29. The summed E-state index contributed by atoms with van der Waals surface area (Å²) in [5, 5.41) is 0.417. The van der Waals surface area contributed by atoms with E-state index in [0.29, 0.717) is 47.9 Å². The molecule has 8 heteroatoms. The van der Waals surface area contributed by atoms with Crippen LogP contribution in [0.1, 0.15) is 28.4 Å². The number of carbonyl (C=O) groups excluding carboxylic acids is 1. The van der Waals surface area contributed by atoms with E-state index in [4.69, 9.17) is 23.4 Å². The van der Waals surface area contributed by atoms with Crippen molar-refractivity contribution < 1.29 is 28.2 Å². The van der Waals surface area contributed by atoms with Gasteiger partial charge in [-0.1, -0.05) is 12.1 Å². The molecule has 0 amide bonds. The number of fused-ring (bicyclic) bond motifs is 3. The fraction of sp³-hybridized carbons (Fsp3) is 0.241. The molecule has 37 heavy (non-hydrogen) atoms. The lowest BCUT2D eigenvalue weighted by molar-refractivity contribution is 0.0526. The molecule has 5 rings (SSSR count). The number of benzene rings is 3. The molecule has 0 N–H and O–H groups in total. The zero-order valence-corrected chi connectivity index (χ0v) is 20.7. The van der Waals surface area contributed by atoms with E-state index in [9.17, 15) is 9.59 Å². The highest BCUT2D eigenvalue weighted by Crippen LogP contribution is 2.33. The van der Waals surface area contributed by atoms with Gasteiger partial charge in [0.2, 0.25) is 11.2 Å². The van der Waals surface area contributed by atoms with Gasteiger partial charge in [0.05, 0.1) is 30.2 Å². The van der Waals surface area contributed by atoms with Crippen molar-refractivity contribution in [1.82, 2.24) is 4.90 Å². The highest BCUT2D eigenvalue weighted by atomic mass is 16.5. The molecule has 1 aromatic heterocycles. The lowest BCUT2D eigenvalue weighted by atomic mass is 10.1. The minimum Gasteiger partial charge on any atom is -0.497 e. The molecular weight excluding hydrogens is 474 g/mol. The van der Waals surface area contributed by atoms with Gasteiger partial charge in [-0.2, -0.15) is 0 Å². The largest absolute Gasteiger partial charge is 0.497 e. The molecule has 1 aliphatic heterocycles. The predicted octanol–water partition coefficient (Wildman–Crippen LogP) is 5.17. The summed E-state index contributed by atoms with van der Waals surface area (Å²) in [6.45, 7) is 3.89. The van der Waals surface area contributed by atoms with Gasteiger partial charge in [0.25, 0.3) is 0 Å². The Labute approximate surface area is 213 Å². The molecule has 0 spiro atoms. The molecule has 4 aromatic rings. The van der Waals surface area contributed by atoms with Crippen LogP contribution in [0, 0.1) is 0 Å². The van der Waals surface area contributed by atoms with Crippen LogP contribution in [-0.2, 0) is 17.7 Å². The number of rotatable bonds is 8. The molecule has 0 radical (unpaired) electrons. The van der Waals surface area contributed by atoms with Crippen molar-refractivity contribution in [2.24, 2.45) is 0 Å². The minimum atomic E-state index is -0.413. The SMILES string of the molecule is CCOC(=O)c1ccc(Oc2coc3c4c(ccc3c2=O)OCN(CCc2ccc(OC)cc2)C4)cc1. The van der Waals surface area contributed by atoms with Crippen LogP contribution in [0.25, 0.3) is 11.0 Å². The van der Waals surface area contributed by atoms with Gasteiger partial charge in [-0.05, 0) is 67.4 Å². The summed E-state index contributed by atoms with van der Waals surface area (Å²) in [4.78, 5) is 27.2. The number of esters is 1. The maximum absolute atomic E-state index is 13.2. The van der Waals surface area contributed by atoms with E-state index in [2.05, 4.69) is 17.0 Å². The third-order valence-electron chi connectivity index (χ3n) is 6.22. The first kappa shape index (κ1) is 24.4. The predicted molar refractivity (Wildman–Crippen MR) is 138 cm³/mol. The molecule has 0 fully saturated rings. The molecule has 0 aliphatic carbocycles. The Morgan fingerprint density at radius 2 is 1.76 bits per heavy atom. The fourth-order valence-electron chi connectivity index (χ4n) is 4.23. The Kier molecular flexibility index (Phi) is 7.09. The third-order valence-corrected chi connectivity index (χ3v) is 6.22. The standard InChI is InChI=1S/C29H27NO7/c1-3-34-29(32)20-6-10-22(11-7-20)37-26-17-35-28-23(27(26)31)12-13-25-24(28)16-30(18-36-25)15-14-19-4-8-21(33-2)9-5-19/h4-13,17H,3,14-16,18H2,1-2H3. The summed E-state index contributed by atoms with van der Waals surface area (Å²) in [6, 6.07) is 17.9. The Morgan fingerprint density at radius 1 is 1.00 bits per heavy atom. The normalized spacial score (nSPS) is 13.0. The van der Waals surface area contributed by atoms with Crippen LogP contribution in [0.15, 0.2) is 76.1 Å². The van der Waals surface area contributed by atoms with Crippen molar-refractivity contribution in [3.63, 3.8) is 0 Å². The van der Waals surface area contributed by atoms with E-state index in [1.165, 1.54) is 11.8 Å². The quantitative estimate of drug-likeness (QED) is 0.306. The molecule has 0 atom stereocenters. The van der Waals surface area contributed by atoms with Crippen molar-refractivity contribution in [2.75, 3.05) is 27.0 Å². The smallest absolute Gasteiger partial charge is 0.338 e. The third kappa shape index (κ3) is 5.29. The molecule has 0 saturated carbocycles. The Balaban J connectivity index is 1.32. The number of hydrogen-bond acceptors (Lipinski definition) is 8. The van der Waals surface area contributed by atoms with E-state index in [-0.39, 0.29) is 11.2 Å². The maximum atomic E-state index is 13.2. The summed E-state index contributed by atoms with van der Waals surface area (Å²) in [7, 11) is 1.65. The van der Waals surface area contributed by atoms with Crippen LogP contribution in [0.2, 0.25) is 0 Å². The van der Waals surface area contributed by atoms with E-state index >= 15 is 0 Å². The monoisotopic (exact) mass is 501 g/mol. The minimum absolute atomic E-state index is 0.0597. The molecule has 0 saturated heterocycles. The van der Waals surface area contributed by atoms with Crippen LogP contribution >= 0.6 is 0 Å². The summed E-state index contributed by atoms with van der Waals surface area (Å²) in [5.41, 5.74) is 2.65. The first-order valence-electron chi connectivity index (χ1n) is 12.1. The number of hydrogen-bond donors (Lipinski definition) is 0. The molecule has 190 valence electrons. The van der Waals surface area contributed by atoms with Crippen molar-refractivity contribution >= 4 is 16.9 Å². The summed E-state index contributed by atoms with van der Waals surface area (Å²) >= 11 is 0. The van der Waals surface area contributed by atoms with E-state index in [0.717, 1.165) is 24.3 Å². The second kappa shape index (κ2) is 10.8. The van der Waals surface area contributed by atoms with Crippen molar-refractivity contribution in [3.8, 4) is 23.0 Å². The topological polar surface area (TPSA) is 87.4 Å². The first-order valence-corrected chi connectivity index (χ1v) is 12.1. The summed E-state index contributed by atoms with van der Waals surface area (Å²) in [6.07, 6.45) is 2.17. The van der Waals surface area contributed by atoms with Gasteiger partial charge in [0, 0.05) is 13.1 Å². The second-order valence-electron chi connectivity index (χ2n) is 8.62. The average Bonchev–Trinajstić information content (AvgIpc) is 2.94. The van der Waals surface area contributed by atoms with Crippen LogP contribution in [-0.4, -0.2) is 37.9 Å². The van der Waals surface area contributed by atoms with Crippen LogP contribution in [0.4, 0.5) is 0 Å². The first-order chi connectivity index (χ1) is 18.1. The number of methoxy groups -OCH3 is 1. The highest BCUT2D eigenvalue weighted by molar-refractivity contribution is 5.89. The van der Waals surface area contributed by atoms with Crippen LogP contribution < -0.4 is 19.6 Å². The zero-order chi connectivity index (χ0) is 25.8. The molecule has 2 heterocycles. The van der Waals surface area contributed by atoms with Gasteiger partial charge in [-0.25, -0.2) is 4.79 Å². The van der Waals surface area contributed by atoms with Crippen molar-refractivity contribution in [2.45, 2.75) is 19.9 Å². The average molecular weight is 502 g/mol. The molecular formula is C29H27NO7. The van der Waals surface area contributed by atoms with Crippen molar-refractivity contribution in [3.05, 3.63) is 93.8 Å². The van der Waals surface area contributed by atoms with Gasteiger partial charge >= 0.3 is 5.97 Å². The van der Waals surface area contributed by atoms with Gasteiger partial charge < -0.3 is 23.4 Å². The van der Waals surface area contributed by atoms with Crippen LogP contribution in [0.5, 0.6) is 23.0 Å². The molecule has 0 unspecified atom stereocenters. The second-order valence-corrected chi connectivity index (χ2v) is 8.62. The van der Waals surface area contributed by atoms with Gasteiger partial charge in [-0.3, -0.25) is 9.69 Å². The number of carbonyl (C=O) groups is 1. The maximum Gasteiger partial charge on any atom is 0.338 e. The van der Waals surface area contributed by atoms with Gasteiger partial charge in [0.15, 0.2) is 0 Å². The van der Waals surface area contributed by atoms with E-state index < -0.39 is 5.97 Å². The van der Waals surface area contributed by atoms with Crippen molar-refractivity contribution in [1.29, 1.82) is 0 Å². The van der Waals surface area contributed by atoms with Gasteiger partial charge in [0.1, 0.15) is 35.8 Å². The highest BCUT2D eigenvalue weighted by Gasteiger charge is 2.23. The number of nitrogens with zero attached hydrogens (tertiary/aromatic N) is 1. The Hall–Kier alpha value is -4.30. The van der Waals surface area contributed by atoms with Gasteiger partial charge in [-0.15, -0.1) is 0 Å². The summed E-state index contributed by atoms with van der Waals surface area (Å²) in [5.74, 6) is 1.59. The Bertz CT molecular complexity index is 1460. The van der Waals surface area contributed by atoms with E-state index in [1.54, 1.807) is 50.4 Å². The van der Waals surface area contributed by atoms with E-state index in [1.807, 2.05) is 12.1 Å². The summed E-state index contributed by atoms with van der Waals surface area (Å²) < 4.78 is 27.8. The Morgan fingerprint density at radius 3 is 2.49 bits per heavy atom. The molecule has 8 nitrogen and oxygen atoms in total. The lowest BCUT2D eigenvalue weighted by Crippen LogP contribution is -2.33.